The molecule has 1 atom stereocenters. The molecule has 0 aromatic carbocycles. The number of amides is 1. The quantitative estimate of drug-likeness (QED) is 0.581. The predicted molar refractivity (Wildman–Crippen MR) is 88.4 cm³/mol. The molecule has 0 saturated carbocycles. The van der Waals surface area contributed by atoms with E-state index in [0.717, 1.165) is 38.4 Å². The van der Waals surface area contributed by atoms with Crippen LogP contribution in [0, 0.1) is 11.8 Å². The van der Waals surface area contributed by atoms with Crippen molar-refractivity contribution in [3.8, 4) is 0 Å². The van der Waals surface area contributed by atoms with E-state index >= 15 is 0 Å². The van der Waals surface area contributed by atoms with E-state index in [2.05, 4.69) is 36.4 Å². The van der Waals surface area contributed by atoms with Crippen molar-refractivity contribution in [2.75, 3.05) is 33.2 Å². The molecule has 0 radical (unpaired) electrons. The Balaban J connectivity index is 2.20. The highest BCUT2D eigenvalue weighted by molar-refractivity contribution is 5.81. The lowest BCUT2D eigenvalue weighted by molar-refractivity contribution is -0.132. The Morgan fingerprint density at radius 1 is 1.33 bits per heavy atom. The van der Waals surface area contributed by atoms with E-state index < -0.39 is 0 Å². The molecule has 1 aliphatic heterocycles. The fourth-order valence-corrected chi connectivity index (χ4v) is 2.56. The molecule has 21 heavy (non-hydrogen) atoms. The summed E-state index contributed by atoms with van der Waals surface area (Å²) in [7, 11) is 1.76. The number of nitrogens with one attached hydrogen (secondary N) is 2. The number of hydrogen-bond acceptors (Lipinski definition) is 2. The third-order valence-corrected chi connectivity index (χ3v) is 3.88. The van der Waals surface area contributed by atoms with E-state index in [1.54, 1.807) is 7.05 Å². The zero-order valence-corrected chi connectivity index (χ0v) is 14.1. The van der Waals surface area contributed by atoms with E-state index in [4.69, 9.17) is 0 Å². The number of carbonyl (C=O) groups is 1. The minimum absolute atomic E-state index is 0.256. The summed E-state index contributed by atoms with van der Waals surface area (Å²) in [6.45, 7) is 10.0. The highest BCUT2D eigenvalue weighted by atomic mass is 16.2. The van der Waals surface area contributed by atoms with Crippen molar-refractivity contribution in [1.29, 1.82) is 0 Å². The van der Waals surface area contributed by atoms with Crippen LogP contribution >= 0.6 is 0 Å². The molecule has 0 aromatic heterocycles. The van der Waals surface area contributed by atoms with Crippen molar-refractivity contribution in [1.82, 2.24) is 15.5 Å². The molecule has 0 spiro atoms. The first kappa shape index (κ1) is 17.8. The van der Waals surface area contributed by atoms with Gasteiger partial charge in [-0.15, -0.1) is 0 Å². The number of aliphatic imine (C=N–C) groups is 1. The maximum atomic E-state index is 12.1. The van der Waals surface area contributed by atoms with Gasteiger partial charge in [-0.1, -0.05) is 20.8 Å². The van der Waals surface area contributed by atoms with Crippen LogP contribution in [-0.2, 0) is 4.79 Å². The number of carbonyl (C=O) groups excluding carboxylic acids is 1. The van der Waals surface area contributed by atoms with Crippen LogP contribution in [0.3, 0.4) is 0 Å². The normalized spacial score (nSPS) is 19.8. The van der Waals surface area contributed by atoms with Crippen molar-refractivity contribution >= 4 is 11.9 Å². The van der Waals surface area contributed by atoms with Gasteiger partial charge < -0.3 is 15.5 Å². The van der Waals surface area contributed by atoms with Crippen LogP contribution in [0.4, 0.5) is 0 Å². The molecule has 2 N–H and O–H groups in total. The van der Waals surface area contributed by atoms with Gasteiger partial charge in [-0.2, -0.15) is 0 Å². The molecule has 122 valence electrons. The Morgan fingerprint density at radius 2 is 2.05 bits per heavy atom. The lowest BCUT2D eigenvalue weighted by Crippen LogP contribution is -2.42. The number of rotatable bonds is 6. The fraction of sp³-hybridized carbons (Fsp3) is 0.875. The van der Waals surface area contributed by atoms with Gasteiger partial charge in [0.2, 0.25) is 5.91 Å². The summed E-state index contributed by atoms with van der Waals surface area (Å²) >= 11 is 0. The van der Waals surface area contributed by atoms with Crippen molar-refractivity contribution in [2.45, 2.75) is 46.5 Å². The molecular formula is C16H32N4O. The van der Waals surface area contributed by atoms with Gasteiger partial charge in [0.15, 0.2) is 5.96 Å². The van der Waals surface area contributed by atoms with Crippen LogP contribution in [0.2, 0.25) is 0 Å². The van der Waals surface area contributed by atoms with Crippen LogP contribution in [0.15, 0.2) is 4.99 Å². The second-order valence-corrected chi connectivity index (χ2v) is 6.45. The molecule has 1 unspecified atom stereocenters. The monoisotopic (exact) mass is 296 g/mol. The smallest absolute Gasteiger partial charge is 0.224 e. The molecule has 1 rings (SSSR count). The van der Waals surface area contributed by atoms with Crippen molar-refractivity contribution in [3.05, 3.63) is 0 Å². The average Bonchev–Trinajstić information content (AvgIpc) is 2.45. The predicted octanol–water partition coefficient (Wildman–Crippen LogP) is 1.85. The minimum atomic E-state index is 0.256. The molecule has 1 aliphatic rings. The van der Waals surface area contributed by atoms with Crippen LogP contribution < -0.4 is 10.6 Å². The van der Waals surface area contributed by atoms with E-state index in [-0.39, 0.29) is 5.91 Å². The molecule has 5 heteroatoms. The molecule has 5 nitrogen and oxygen atoms in total. The molecule has 1 fully saturated rings. The standard InChI is InChI=1S/C16H32N4O/c1-13(2)7-9-18-16(17-4)19-10-8-15(21)20-11-5-6-14(3)12-20/h13-14H,5-12H2,1-4H3,(H2,17,18,19). The topological polar surface area (TPSA) is 56.7 Å². The van der Waals surface area contributed by atoms with E-state index in [0.29, 0.717) is 24.8 Å². The van der Waals surface area contributed by atoms with Crippen LogP contribution in [0.1, 0.15) is 46.5 Å². The SMILES string of the molecule is CN=C(NCCC(=O)N1CCCC(C)C1)NCCC(C)C. The van der Waals surface area contributed by atoms with Crippen molar-refractivity contribution in [2.24, 2.45) is 16.8 Å². The first-order valence-corrected chi connectivity index (χ1v) is 8.25. The zero-order valence-electron chi connectivity index (χ0n) is 14.1. The summed E-state index contributed by atoms with van der Waals surface area (Å²) in [6, 6.07) is 0. The first-order chi connectivity index (χ1) is 10.0. The number of hydrogen-bond donors (Lipinski definition) is 2. The van der Waals surface area contributed by atoms with Crippen molar-refractivity contribution in [3.63, 3.8) is 0 Å². The number of piperidine rings is 1. The third kappa shape index (κ3) is 7.34. The van der Waals surface area contributed by atoms with Gasteiger partial charge in [0, 0.05) is 39.6 Å². The molecule has 0 aromatic rings. The van der Waals surface area contributed by atoms with Gasteiger partial charge in [0.1, 0.15) is 0 Å². The summed E-state index contributed by atoms with van der Waals surface area (Å²) in [6.07, 6.45) is 4.04. The summed E-state index contributed by atoms with van der Waals surface area (Å²) in [5.74, 6) is 2.36. The first-order valence-electron chi connectivity index (χ1n) is 8.25. The van der Waals surface area contributed by atoms with Gasteiger partial charge in [-0.25, -0.2) is 0 Å². The molecular weight excluding hydrogens is 264 g/mol. The van der Waals surface area contributed by atoms with E-state index in [1.807, 2.05) is 4.90 Å². The lowest BCUT2D eigenvalue weighted by Gasteiger charge is -2.31. The Morgan fingerprint density at radius 3 is 2.67 bits per heavy atom. The molecule has 0 bridgehead atoms. The molecule has 1 heterocycles. The summed E-state index contributed by atoms with van der Waals surface area (Å²) in [4.78, 5) is 18.3. The Kier molecular flexibility index (Phi) is 8.16. The van der Waals surface area contributed by atoms with E-state index in [9.17, 15) is 4.79 Å². The maximum Gasteiger partial charge on any atom is 0.224 e. The van der Waals surface area contributed by atoms with Crippen molar-refractivity contribution < 1.29 is 4.79 Å². The number of nitrogens with zero attached hydrogens (tertiary/aromatic N) is 2. The summed E-state index contributed by atoms with van der Waals surface area (Å²) in [5, 5.41) is 6.49. The highest BCUT2D eigenvalue weighted by Gasteiger charge is 2.20. The van der Waals surface area contributed by atoms with Gasteiger partial charge in [-0.05, 0) is 31.1 Å². The van der Waals surface area contributed by atoms with E-state index in [1.165, 1.54) is 6.42 Å². The number of guanidine groups is 1. The third-order valence-electron chi connectivity index (χ3n) is 3.88. The summed E-state index contributed by atoms with van der Waals surface area (Å²) in [5.41, 5.74) is 0. The average molecular weight is 296 g/mol. The number of likely N-dealkylation sites (tertiary alicyclic amines) is 1. The molecule has 1 saturated heterocycles. The maximum absolute atomic E-state index is 12.1. The van der Waals surface area contributed by atoms with Gasteiger partial charge in [-0.3, -0.25) is 9.79 Å². The Labute approximate surface area is 129 Å². The van der Waals surface area contributed by atoms with Crippen LogP contribution in [-0.4, -0.2) is 50.0 Å². The summed E-state index contributed by atoms with van der Waals surface area (Å²) < 4.78 is 0. The van der Waals surface area contributed by atoms with Gasteiger partial charge in [0.05, 0.1) is 0 Å². The second-order valence-electron chi connectivity index (χ2n) is 6.45. The minimum Gasteiger partial charge on any atom is -0.356 e. The van der Waals surface area contributed by atoms with Gasteiger partial charge >= 0.3 is 0 Å². The Hall–Kier alpha value is -1.26. The van der Waals surface area contributed by atoms with Crippen LogP contribution in [0.25, 0.3) is 0 Å². The molecule has 0 aliphatic carbocycles. The fourth-order valence-electron chi connectivity index (χ4n) is 2.56. The Bertz CT molecular complexity index is 341. The van der Waals surface area contributed by atoms with Gasteiger partial charge in [0.25, 0.3) is 0 Å². The highest BCUT2D eigenvalue weighted by Crippen LogP contribution is 2.15. The second kappa shape index (κ2) is 9.64. The lowest BCUT2D eigenvalue weighted by atomic mass is 10.00. The molecule has 1 amide bonds. The zero-order chi connectivity index (χ0) is 15.7. The van der Waals surface area contributed by atoms with Crippen LogP contribution in [0.5, 0.6) is 0 Å². The largest absolute Gasteiger partial charge is 0.356 e.